The Kier molecular flexibility index (Phi) is 5.99. The van der Waals surface area contributed by atoms with Gasteiger partial charge in [-0.3, -0.25) is 10.2 Å². The number of hydrogen-bond acceptors (Lipinski definition) is 2. The average Bonchev–Trinajstić information content (AvgIpc) is 3.07. The third kappa shape index (κ3) is 4.03. The summed E-state index contributed by atoms with van der Waals surface area (Å²) in [6.07, 6.45) is 0. The monoisotopic (exact) mass is 503 g/mol. The van der Waals surface area contributed by atoms with Gasteiger partial charge < -0.3 is 5.32 Å². The molecule has 8 heteroatoms. The Labute approximate surface area is 192 Å². The Hall–Kier alpha value is -2.54. The number of carbonyl (C=O) groups is 2. The maximum Gasteiger partial charge on any atom is 0.341 e. The van der Waals surface area contributed by atoms with Gasteiger partial charge in [0.1, 0.15) is 0 Å². The molecule has 0 aliphatic carbocycles. The number of benzene rings is 3. The van der Waals surface area contributed by atoms with Crippen molar-refractivity contribution in [3.05, 3.63) is 98.4 Å². The predicted molar refractivity (Wildman–Crippen MR) is 122 cm³/mol. The number of hydrazine groups is 1. The lowest BCUT2D eigenvalue weighted by atomic mass is 9.87. The normalized spacial score (nSPS) is 18.2. The van der Waals surface area contributed by atoms with Crippen molar-refractivity contribution in [1.29, 1.82) is 0 Å². The van der Waals surface area contributed by atoms with Crippen LogP contribution in [-0.2, 0) is 4.79 Å². The van der Waals surface area contributed by atoms with Crippen LogP contribution in [0.25, 0.3) is 0 Å². The number of amides is 3. The standard InChI is InChI=1S/C22H16BrCl2N3O2/c23-13-9-11-14(12-10-13)26-22(30)28-20(16-6-2-4-8-18(16)25)19(21(29)27-28)15-5-1-3-7-17(15)24/h1-12,19-20H,(H,26,30)(H,27,29). The summed E-state index contributed by atoms with van der Waals surface area (Å²) in [4.78, 5) is 26.1. The first-order chi connectivity index (χ1) is 14.5. The number of anilines is 1. The van der Waals surface area contributed by atoms with Gasteiger partial charge in [0.15, 0.2) is 0 Å². The van der Waals surface area contributed by atoms with Gasteiger partial charge in [-0.2, -0.15) is 0 Å². The molecule has 3 amide bonds. The van der Waals surface area contributed by atoms with E-state index in [4.69, 9.17) is 23.2 Å². The van der Waals surface area contributed by atoms with Gasteiger partial charge in [-0.05, 0) is 47.5 Å². The van der Waals surface area contributed by atoms with Crippen molar-refractivity contribution in [3.8, 4) is 0 Å². The van der Waals surface area contributed by atoms with Gasteiger partial charge >= 0.3 is 6.03 Å². The minimum atomic E-state index is -0.714. The van der Waals surface area contributed by atoms with Gasteiger partial charge in [-0.25, -0.2) is 9.80 Å². The summed E-state index contributed by atoms with van der Waals surface area (Å²) in [6, 6.07) is 20.2. The van der Waals surface area contributed by atoms with E-state index in [9.17, 15) is 9.59 Å². The van der Waals surface area contributed by atoms with E-state index >= 15 is 0 Å². The van der Waals surface area contributed by atoms with Crippen LogP contribution in [0.15, 0.2) is 77.3 Å². The first-order valence-electron chi connectivity index (χ1n) is 9.11. The largest absolute Gasteiger partial charge is 0.341 e. The molecule has 4 rings (SSSR count). The maximum atomic E-state index is 13.1. The van der Waals surface area contributed by atoms with Crippen LogP contribution < -0.4 is 10.7 Å². The molecule has 3 aromatic rings. The van der Waals surface area contributed by atoms with Crippen molar-refractivity contribution in [2.24, 2.45) is 0 Å². The zero-order valence-electron chi connectivity index (χ0n) is 15.5. The zero-order chi connectivity index (χ0) is 21.3. The highest BCUT2D eigenvalue weighted by molar-refractivity contribution is 9.10. The molecule has 3 aromatic carbocycles. The molecule has 1 heterocycles. The minimum Gasteiger partial charge on any atom is -0.306 e. The first-order valence-corrected chi connectivity index (χ1v) is 10.7. The zero-order valence-corrected chi connectivity index (χ0v) is 18.6. The Morgan fingerprint density at radius 1 is 0.900 bits per heavy atom. The molecule has 0 saturated carbocycles. The van der Waals surface area contributed by atoms with Crippen molar-refractivity contribution < 1.29 is 9.59 Å². The Morgan fingerprint density at radius 2 is 1.47 bits per heavy atom. The molecule has 0 aromatic heterocycles. The maximum absolute atomic E-state index is 13.1. The first kappa shape index (κ1) is 20.7. The van der Waals surface area contributed by atoms with Crippen LogP contribution in [0, 0.1) is 0 Å². The number of hydrogen-bond donors (Lipinski definition) is 2. The van der Waals surface area contributed by atoms with Crippen molar-refractivity contribution in [2.75, 3.05) is 5.32 Å². The second-order valence-corrected chi connectivity index (χ2v) is 8.48. The molecule has 2 unspecified atom stereocenters. The number of urea groups is 1. The molecule has 152 valence electrons. The molecular formula is C22H16BrCl2N3O2. The second kappa shape index (κ2) is 8.68. The van der Waals surface area contributed by atoms with Crippen LogP contribution in [0.4, 0.5) is 10.5 Å². The summed E-state index contributed by atoms with van der Waals surface area (Å²) in [5.41, 5.74) is 4.56. The van der Waals surface area contributed by atoms with Crippen LogP contribution in [0.1, 0.15) is 23.1 Å². The van der Waals surface area contributed by atoms with Crippen LogP contribution in [0.2, 0.25) is 10.0 Å². The van der Waals surface area contributed by atoms with Crippen LogP contribution >= 0.6 is 39.1 Å². The van der Waals surface area contributed by atoms with E-state index in [0.29, 0.717) is 26.9 Å². The van der Waals surface area contributed by atoms with Gasteiger partial charge in [0, 0.05) is 20.2 Å². The van der Waals surface area contributed by atoms with E-state index in [2.05, 4.69) is 26.7 Å². The third-order valence-electron chi connectivity index (χ3n) is 4.89. The number of nitrogens with zero attached hydrogens (tertiary/aromatic N) is 1. The van der Waals surface area contributed by atoms with Gasteiger partial charge in [0.2, 0.25) is 5.91 Å². The molecule has 0 radical (unpaired) electrons. The molecule has 1 aliphatic rings. The smallest absolute Gasteiger partial charge is 0.306 e. The Balaban J connectivity index is 1.75. The Morgan fingerprint density at radius 3 is 2.07 bits per heavy atom. The molecule has 30 heavy (non-hydrogen) atoms. The summed E-state index contributed by atoms with van der Waals surface area (Å²) in [5.74, 6) is -1.05. The minimum absolute atomic E-state index is 0.334. The fraction of sp³-hybridized carbons (Fsp3) is 0.0909. The summed E-state index contributed by atoms with van der Waals surface area (Å²) in [5, 5.41) is 5.00. The SMILES string of the molecule is O=C1NN(C(=O)Nc2ccc(Br)cc2)C(c2ccccc2Cl)C1c1ccccc1Cl. The topological polar surface area (TPSA) is 61.4 Å². The quantitative estimate of drug-likeness (QED) is 0.448. The number of nitrogens with one attached hydrogen (secondary N) is 2. The summed E-state index contributed by atoms with van der Waals surface area (Å²) in [7, 11) is 0. The molecule has 2 atom stereocenters. The summed E-state index contributed by atoms with van der Waals surface area (Å²) in [6.45, 7) is 0. The molecule has 2 N–H and O–H groups in total. The Bertz CT molecular complexity index is 1110. The summed E-state index contributed by atoms with van der Waals surface area (Å²) >= 11 is 16.2. The number of rotatable bonds is 3. The van der Waals surface area contributed by atoms with Crippen molar-refractivity contribution in [1.82, 2.24) is 10.4 Å². The number of halogens is 3. The average molecular weight is 505 g/mol. The molecule has 0 bridgehead atoms. The fourth-order valence-electron chi connectivity index (χ4n) is 3.52. The summed E-state index contributed by atoms with van der Waals surface area (Å²) < 4.78 is 0.891. The van der Waals surface area contributed by atoms with Crippen molar-refractivity contribution in [2.45, 2.75) is 12.0 Å². The lowest BCUT2D eigenvalue weighted by molar-refractivity contribution is -0.121. The van der Waals surface area contributed by atoms with Gasteiger partial charge in [-0.15, -0.1) is 0 Å². The predicted octanol–water partition coefficient (Wildman–Crippen LogP) is 6.16. The molecule has 5 nitrogen and oxygen atoms in total. The molecule has 0 spiro atoms. The highest BCUT2D eigenvalue weighted by Gasteiger charge is 2.46. The van der Waals surface area contributed by atoms with Crippen LogP contribution in [0.3, 0.4) is 0 Å². The van der Waals surface area contributed by atoms with E-state index in [-0.39, 0.29) is 5.91 Å². The van der Waals surface area contributed by atoms with Crippen LogP contribution in [-0.4, -0.2) is 16.9 Å². The van der Waals surface area contributed by atoms with Crippen molar-refractivity contribution >= 4 is 56.8 Å². The van der Waals surface area contributed by atoms with E-state index in [1.54, 1.807) is 48.5 Å². The second-order valence-electron chi connectivity index (χ2n) is 6.75. The third-order valence-corrected chi connectivity index (χ3v) is 6.10. The van der Waals surface area contributed by atoms with Gasteiger partial charge in [-0.1, -0.05) is 75.5 Å². The fourth-order valence-corrected chi connectivity index (χ4v) is 4.28. The highest BCUT2D eigenvalue weighted by atomic mass is 79.9. The van der Waals surface area contributed by atoms with E-state index in [1.807, 2.05) is 24.3 Å². The van der Waals surface area contributed by atoms with E-state index in [0.717, 1.165) is 4.47 Å². The molecule has 1 aliphatic heterocycles. The molecule has 1 fully saturated rings. The lowest BCUT2D eigenvalue weighted by Gasteiger charge is -2.27. The van der Waals surface area contributed by atoms with E-state index in [1.165, 1.54) is 5.01 Å². The lowest BCUT2D eigenvalue weighted by Crippen LogP contribution is -2.42. The van der Waals surface area contributed by atoms with Crippen molar-refractivity contribution in [3.63, 3.8) is 0 Å². The molecule has 1 saturated heterocycles. The number of carbonyl (C=O) groups excluding carboxylic acids is 2. The molecular weight excluding hydrogens is 489 g/mol. The highest BCUT2D eigenvalue weighted by Crippen LogP contribution is 2.44. The van der Waals surface area contributed by atoms with E-state index < -0.39 is 18.0 Å². The van der Waals surface area contributed by atoms with Crippen LogP contribution in [0.5, 0.6) is 0 Å². The van der Waals surface area contributed by atoms with Gasteiger partial charge in [0.25, 0.3) is 0 Å². The van der Waals surface area contributed by atoms with Gasteiger partial charge in [0.05, 0.1) is 12.0 Å².